The van der Waals surface area contributed by atoms with Gasteiger partial charge >= 0.3 is 0 Å². The van der Waals surface area contributed by atoms with Crippen LogP contribution in [-0.2, 0) is 9.30 Å². The van der Waals surface area contributed by atoms with Crippen LogP contribution in [0.1, 0.15) is 11.4 Å². The van der Waals surface area contributed by atoms with Crippen LogP contribution >= 0.6 is 7.14 Å². The second kappa shape index (κ2) is 9.54. The maximum absolute atomic E-state index is 14.8. The molecule has 0 spiro atoms. The summed E-state index contributed by atoms with van der Waals surface area (Å²) in [7, 11) is -4.25. The lowest BCUT2D eigenvalue weighted by Gasteiger charge is -2.29. The molecule has 0 aliphatic rings. The predicted octanol–water partition coefficient (Wildman–Crippen LogP) is 5.75. The van der Waals surface area contributed by atoms with Crippen LogP contribution in [0.4, 0.5) is 43.9 Å². The Hall–Kier alpha value is -3.05. The third-order valence-corrected chi connectivity index (χ3v) is 8.28. The molecule has 0 heterocycles. The van der Waals surface area contributed by atoms with Gasteiger partial charge in [-0.2, -0.15) is 0 Å². The number of halogens is 10. The molecule has 3 nitrogen and oxygen atoms in total. The average molecular weight is 532 g/mol. The molecule has 0 saturated heterocycles. The zero-order chi connectivity index (χ0) is 26.4. The molecule has 188 valence electrons. The summed E-state index contributed by atoms with van der Waals surface area (Å²) in [6.07, 6.45) is 0. The summed E-state index contributed by atoms with van der Waals surface area (Å²) >= 11 is 0. The molecule has 0 aliphatic carbocycles. The molecule has 35 heavy (non-hydrogen) atoms. The fourth-order valence-electron chi connectivity index (χ4n) is 3.38. The van der Waals surface area contributed by atoms with Crippen molar-refractivity contribution in [3.8, 4) is 5.75 Å². The second-order valence-corrected chi connectivity index (χ2v) is 9.54. The average Bonchev–Trinajstić information content (AvgIpc) is 2.84. The third kappa shape index (κ3) is 3.96. The van der Waals surface area contributed by atoms with Gasteiger partial charge in [-0.1, -0.05) is 12.1 Å². The van der Waals surface area contributed by atoms with Crippen LogP contribution in [0.2, 0.25) is 0 Å². The number of ether oxygens (including phenoxy) is 2. The van der Waals surface area contributed by atoms with Crippen molar-refractivity contribution < 1.29 is 57.9 Å². The van der Waals surface area contributed by atoms with Gasteiger partial charge in [0.25, 0.3) is 0 Å². The first kappa shape index (κ1) is 26.6. The Labute approximate surface area is 190 Å². The van der Waals surface area contributed by atoms with Crippen LogP contribution in [0.15, 0.2) is 24.3 Å². The van der Waals surface area contributed by atoms with Crippen molar-refractivity contribution in [2.45, 2.75) is 5.85 Å². The van der Waals surface area contributed by atoms with Gasteiger partial charge in [-0.3, -0.25) is 0 Å². The highest BCUT2D eigenvalue weighted by Gasteiger charge is 2.50. The highest BCUT2D eigenvalue weighted by Crippen LogP contribution is 2.60. The molecule has 3 aromatic rings. The summed E-state index contributed by atoms with van der Waals surface area (Å²) in [5, 5.41) is -4.64. The van der Waals surface area contributed by atoms with Crippen molar-refractivity contribution >= 4 is 17.8 Å². The number of rotatable bonds is 6. The van der Waals surface area contributed by atoms with E-state index in [-0.39, 0.29) is 5.75 Å². The van der Waals surface area contributed by atoms with Crippen LogP contribution in [0.5, 0.6) is 5.75 Å². The van der Waals surface area contributed by atoms with Crippen molar-refractivity contribution in [1.82, 2.24) is 0 Å². The Morgan fingerprint density at radius 3 is 1.17 bits per heavy atom. The molecule has 0 fully saturated rings. The smallest absolute Gasteiger partial charge is 0.200 e. The summed E-state index contributed by atoms with van der Waals surface area (Å²) in [6.45, 7) is 0. The van der Waals surface area contributed by atoms with E-state index in [0.29, 0.717) is 7.11 Å². The maximum atomic E-state index is 14.8. The molecular weight excluding hydrogens is 521 g/mol. The van der Waals surface area contributed by atoms with Crippen molar-refractivity contribution in [2.75, 3.05) is 14.2 Å². The van der Waals surface area contributed by atoms with E-state index in [9.17, 15) is 48.5 Å². The van der Waals surface area contributed by atoms with Gasteiger partial charge in [0, 0.05) is 7.11 Å². The number of methoxy groups -OCH3 is 2. The Bertz CT molecular complexity index is 1230. The quantitative estimate of drug-likeness (QED) is 0.176. The summed E-state index contributed by atoms with van der Waals surface area (Å²) in [5.74, 6) is -29.7. The molecule has 0 saturated carbocycles. The zero-order valence-electron chi connectivity index (χ0n) is 17.3. The fourth-order valence-corrected chi connectivity index (χ4v) is 6.52. The van der Waals surface area contributed by atoms with E-state index in [0.717, 1.165) is 24.3 Å². The van der Waals surface area contributed by atoms with Gasteiger partial charge in [-0.15, -0.1) is 0 Å². The van der Waals surface area contributed by atoms with Crippen LogP contribution in [-0.4, -0.2) is 14.2 Å². The Morgan fingerprint density at radius 2 is 0.886 bits per heavy atom. The van der Waals surface area contributed by atoms with Crippen LogP contribution in [0.25, 0.3) is 0 Å². The van der Waals surface area contributed by atoms with Crippen molar-refractivity contribution in [1.29, 1.82) is 0 Å². The van der Waals surface area contributed by atoms with Crippen molar-refractivity contribution in [3.63, 3.8) is 0 Å². The van der Waals surface area contributed by atoms with Gasteiger partial charge in [0.2, 0.25) is 11.6 Å². The van der Waals surface area contributed by atoms with Gasteiger partial charge < -0.3 is 14.0 Å². The zero-order valence-corrected chi connectivity index (χ0v) is 18.2. The van der Waals surface area contributed by atoms with E-state index in [4.69, 9.17) is 9.47 Å². The minimum absolute atomic E-state index is 0.130. The van der Waals surface area contributed by atoms with Gasteiger partial charge in [-0.05, 0) is 17.7 Å². The molecule has 0 amide bonds. The highest BCUT2D eigenvalue weighted by molar-refractivity contribution is 7.78. The first-order valence-electron chi connectivity index (χ1n) is 9.14. The van der Waals surface area contributed by atoms with Crippen molar-refractivity contribution in [3.05, 3.63) is 88.0 Å². The van der Waals surface area contributed by atoms with E-state index in [2.05, 4.69) is 0 Å². The number of hydrogen-bond donors (Lipinski definition) is 0. The van der Waals surface area contributed by atoms with Crippen LogP contribution < -0.4 is 15.3 Å². The van der Waals surface area contributed by atoms with Crippen LogP contribution in [0, 0.1) is 58.2 Å². The number of hydrogen-bond acceptors (Lipinski definition) is 3. The molecule has 0 bridgehead atoms. The monoisotopic (exact) mass is 532 g/mol. The van der Waals surface area contributed by atoms with Gasteiger partial charge in [0.15, 0.2) is 53.7 Å². The molecular formula is C21H11F10O3P. The second-order valence-electron chi connectivity index (χ2n) is 6.86. The largest absolute Gasteiger partial charge is 0.497 e. The molecule has 0 aliphatic heterocycles. The van der Waals surface area contributed by atoms with E-state index in [1.807, 2.05) is 0 Å². The molecule has 0 radical (unpaired) electrons. The Balaban J connectivity index is 2.58. The van der Waals surface area contributed by atoms with E-state index in [1.54, 1.807) is 0 Å². The van der Waals surface area contributed by atoms with Crippen molar-refractivity contribution in [2.24, 2.45) is 0 Å². The fraction of sp³-hybridized carbons (Fsp3) is 0.143. The molecule has 3 aromatic carbocycles. The molecule has 3 rings (SSSR count). The third-order valence-electron chi connectivity index (χ3n) is 4.99. The number of benzene rings is 3. The lowest BCUT2D eigenvalue weighted by atomic mass is 10.2. The maximum Gasteiger partial charge on any atom is 0.200 e. The van der Waals surface area contributed by atoms with E-state index >= 15 is 0 Å². The van der Waals surface area contributed by atoms with E-state index in [1.165, 1.54) is 7.11 Å². The first-order valence-corrected chi connectivity index (χ1v) is 10.9. The minimum Gasteiger partial charge on any atom is -0.497 e. The molecule has 1 atom stereocenters. The van der Waals surface area contributed by atoms with Gasteiger partial charge in [0.1, 0.15) is 11.6 Å². The lowest BCUT2D eigenvalue weighted by Crippen LogP contribution is -2.34. The molecule has 1 unspecified atom stereocenters. The molecule has 0 aromatic heterocycles. The Morgan fingerprint density at radius 1 is 0.571 bits per heavy atom. The lowest BCUT2D eigenvalue weighted by molar-refractivity contribution is 0.166. The Kier molecular flexibility index (Phi) is 7.24. The van der Waals surface area contributed by atoms with E-state index < -0.39 is 87.3 Å². The first-order chi connectivity index (χ1) is 16.3. The summed E-state index contributed by atoms with van der Waals surface area (Å²) in [5.41, 5.74) is -0.454. The van der Waals surface area contributed by atoms with Gasteiger partial charge in [-0.25, -0.2) is 43.9 Å². The summed E-state index contributed by atoms with van der Waals surface area (Å²) in [4.78, 5) is 0. The standard InChI is InChI=1S/C21H11F10O3P/c1-33-8-5-3-7(4-6-8)21(34-2)35(32,19-15(28)11(24)9(22)12(25)16(19)29)20-17(30)13(26)10(23)14(27)18(20)31/h3-6,21H,1-2H3. The summed E-state index contributed by atoms with van der Waals surface area (Å²) < 4.78 is 166. The molecule has 14 heteroatoms. The minimum atomic E-state index is -6.13. The SMILES string of the molecule is COc1ccc(C(OC)P(=O)(c2c(F)c(F)c(F)c(F)c2F)c2c(F)c(F)c(F)c(F)c2F)cc1. The normalized spacial score (nSPS) is 12.7. The highest BCUT2D eigenvalue weighted by atomic mass is 31.2. The topological polar surface area (TPSA) is 35.5 Å². The van der Waals surface area contributed by atoms with Crippen LogP contribution in [0.3, 0.4) is 0 Å². The predicted molar refractivity (Wildman–Crippen MR) is 102 cm³/mol. The van der Waals surface area contributed by atoms with Gasteiger partial charge in [0.05, 0.1) is 17.7 Å². The molecule has 0 N–H and O–H groups in total. The summed E-state index contributed by atoms with van der Waals surface area (Å²) in [6, 6.07) is 4.20.